The fraction of sp³-hybridized carbons (Fsp3) is 0.231. The number of nitrogens with two attached hydrogens (primary N) is 1. The molecule has 5 rings (SSSR count). The van der Waals surface area contributed by atoms with E-state index in [1.165, 1.54) is 0 Å². The Kier molecular flexibility index (Phi) is 5.81. The number of aryl methyl sites for hydroxylation is 1. The fourth-order valence-corrected chi connectivity index (χ4v) is 4.98. The van der Waals surface area contributed by atoms with E-state index < -0.39 is 11.9 Å². The minimum Gasteiger partial charge on any atom is -0.364 e. The zero-order valence-corrected chi connectivity index (χ0v) is 18.7. The number of hydrogen-bond acceptors (Lipinski definition) is 5. The normalized spacial score (nSPS) is 19.8. The second kappa shape index (κ2) is 9.07. The Hall–Kier alpha value is -4.04. The Labute approximate surface area is 197 Å². The van der Waals surface area contributed by atoms with Gasteiger partial charge in [-0.2, -0.15) is 4.98 Å². The van der Waals surface area contributed by atoms with Crippen molar-refractivity contribution in [3.05, 3.63) is 85.0 Å². The van der Waals surface area contributed by atoms with Crippen LogP contribution in [0.5, 0.6) is 0 Å². The second-order valence-corrected chi connectivity index (χ2v) is 8.50. The summed E-state index contributed by atoms with van der Waals surface area (Å²) in [7, 11) is 0. The highest BCUT2D eigenvalue weighted by Crippen LogP contribution is 2.39. The lowest BCUT2D eigenvalue weighted by molar-refractivity contribution is -0.136. The summed E-state index contributed by atoms with van der Waals surface area (Å²) < 4.78 is 7.28. The van der Waals surface area contributed by atoms with Crippen LogP contribution in [0.2, 0.25) is 0 Å². The number of nitrogens with zero attached hydrogens (tertiary/aromatic N) is 4. The smallest absolute Gasteiger partial charge is 0.319 e. The molecule has 0 aliphatic carbocycles. The van der Waals surface area contributed by atoms with Gasteiger partial charge in [0.25, 0.3) is 5.91 Å². The molecule has 3 heterocycles. The molecule has 1 unspecified atom stereocenters. The van der Waals surface area contributed by atoms with Gasteiger partial charge in [-0.25, -0.2) is 9.28 Å². The van der Waals surface area contributed by atoms with E-state index in [9.17, 15) is 9.59 Å². The van der Waals surface area contributed by atoms with Gasteiger partial charge in [-0.1, -0.05) is 47.6 Å². The maximum atomic E-state index is 13.9. The fourth-order valence-electron chi connectivity index (χ4n) is 4.98. The van der Waals surface area contributed by atoms with Crippen LogP contribution in [0.15, 0.2) is 83.6 Å². The summed E-state index contributed by atoms with van der Waals surface area (Å²) in [5.74, 6) is 0.331. The molecule has 2 aromatic heterocycles. The van der Waals surface area contributed by atoms with Crippen LogP contribution in [0.3, 0.4) is 0 Å². The molecule has 1 fully saturated rings. The lowest BCUT2D eigenvalue weighted by atomic mass is 10.1. The van der Waals surface area contributed by atoms with E-state index in [0.717, 1.165) is 23.4 Å². The maximum absolute atomic E-state index is 13.9. The second-order valence-electron chi connectivity index (χ2n) is 8.50. The highest BCUT2D eigenvalue weighted by atomic mass is 16.5. The van der Waals surface area contributed by atoms with Gasteiger partial charge in [0.2, 0.25) is 11.7 Å². The zero-order valence-electron chi connectivity index (χ0n) is 18.7. The van der Waals surface area contributed by atoms with Crippen LogP contribution in [0.1, 0.15) is 25.2 Å². The molecule has 8 heteroatoms. The predicted molar refractivity (Wildman–Crippen MR) is 128 cm³/mol. The molecule has 1 aliphatic rings. The summed E-state index contributed by atoms with van der Waals surface area (Å²) in [5, 5.41) is 4.05. The Morgan fingerprint density at radius 1 is 1.03 bits per heavy atom. The summed E-state index contributed by atoms with van der Waals surface area (Å²) in [5.41, 5.74) is 8.32. The van der Waals surface area contributed by atoms with Crippen LogP contribution in [-0.2, 0) is 16.0 Å². The standard InChI is InChI=1S/C26H25N5O3/c27-25(33)22-13-8-18-31(22,21-12-5-4-11-20(21)30-16-6-7-17-30)24(32)15-14-23-28-26(29-34-23)19-9-2-1-3-10-19/h1-7,9-12,16-17,22H,8,13-15,18H2,(H-,27,33)/p+1/t22-,31?/m0/s1. The molecule has 2 aromatic carbocycles. The number of hydrogen-bond donors (Lipinski definition) is 1. The molecule has 34 heavy (non-hydrogen) atoms. The van der Waals surface area contributed by atoms with Crippen LogP contribution < -0.4 is 10.2 Å². The van der Waals surface area contributed by atoms with Crippen molar-refractivity contribution in [2.45, 2.75) is 31.7 Å². The largest absolute Gasteiger partial charge is 0.364 e. The third-order valence-electron chi connectivity index (χ3n) is 6.54. The first kappa shape index (κ1) is 21.8. The summed E-state index contributed by atoms with van der Waals surface area (Å²) in [4.78, 5) is 30.9. The number of amides is 2. The number of carbonyl (C=O) groups excluding carboxylic acids is 2. The molecule has 2 N–H and O–H groups in total. The van der Waals surface area contributed by atoms with Gasteiger partial charge in [0, 0.05) is 43.3 Å². The van der Waals surface area contributed by atoms with Crippen molar-refractivity contribution >= 4 is 17.5 Å². The molecular formula is C26H26N5O3+. The highest BCUT2D eigenvalue weighted by Gasteiger charge is 2.53. The highest BCUT2D eigenvalue weighted by molar-refractivity contribution is 5.98. The van der Waals surface area contributed by atoms with Gasteiger partial charge in [-0.15, -0.1) is 0 Å². The van der Waals surface area contributed by atoms with E-state index >= 15 is 0 Å². The average Bonchev–Trinajstić information content (AvgIpc) is 3.64. The number of benzene rings is 2. The van der Waals surface area contributed by atoms with Crippen LogP contribution >= 0.6 is 0 Å². The van der Waals surface area contributed by atoms with Crippen molar-refractivity contribution in [1.82, 2.24) is 19.2 Å². The van der Waals surface area contributed by atoms with Crippen molar-refractivity contribution in [3.8, 4) is 17.1 Å². The first-order valence-electron chi connectivity index (χ1n) is 11.4. The van der Waals surface area contributed by atoms with Crippen molar-refractivity contribution in [2.75, 3.05) is 6.54 Å². The number of likely N-dealkylation sites (tertiary alicyclic amines) is 1. The van der Waals surface area contributed by atoms with Gasteiger partial charge in [0.1, 0.15) is 5.69 Å². The molecule has 0 radical (unpaired) electrons. The number of para-hydroxylation sites is 2. The number of aromatic nitrogens is 3. The van der Waals surface area contributed by atoms with Crippen LogP contribution in [0, 0.1) is 0 Å². The quantitative estimate of drug-likeness (QED) is 0.428. The van der Waals surface area contributed by atoms with Gasteiger partial charge < -0.3 is 14.8 Å². The van der Waals surface area contributed by atoms with Gasteiger partial charge >= 0.3 is 5.91 Å². The van der Waals surface area contributed by atoms with Gasteiger partial charge in [-0.05, 0) is 18.2 Å². The molecule has 1 aliphatic heterocycles. The number of primary amides is 1. The Morgan fingerprint density at radius 3 is 2.53 bits per heavy atom. The van der Waals surface area contributed by atoms with Crippen LogP contribution in [-0.4, -0.2) is 39.1 Å². The molecule has 4 aromatic rings. The molecule has 172 valence electrons. The molecule has 0 spiro atoms. The van der Waals surface area contributed by atoms with E-state index in [1.54, 1.807) is 0 Å². The molecule has 8 nitrogen and oxygen atoms in total. The van der Waals surface area contributed by atoms with E-state index in [0.29, 0.717) is 24.7 Å². The van der Waals surface area contributed by atoms with Gasteiger partial charge in [-0.3, -0.25) is 4.79 Å². The molecular weight excluding hydrogens is 430 g/mol. The first-order valence-corrected chi connectivity index (χ1v) is 11.4. The SMILES string of the molecule is NC(=O)[C@@H]1CCC[N+]1(C(=O)CCc1nc(-c2ccccc2)no1)c1ccccc1-n1cccc1. The topological polar surface area (TPSA) is 104 Å². The zero-order chi connectivity index (χ0) is 23.5. The van der Waals surface area contributed by atoms with Crippen LogP contribution in [0.4, 0.5) is 5.69 Å². The summed E-state index contributed by atoms with van der Waals surface area (Å²) in [6, 6.07) is 20.5. The molecule has 0 bridgehead atoms. The maximum Gasteiger partial charge on any atom is 0.319 e. The molecule has 0 saturated carbocycles. The minimum atomic E-state index is -0.619. The van der Waals surface area contributed by atoms with E-state index in [1.807, 2.05) is 83.7 Å². The van der Waals surface area contributed by atoms with E-state index in [4.69, 9.17) is 10.3 Å². The third-order valence-corrected chi connectivity index (χ3v) is 6.54. The minimum absolute atomic E-state index is 0.0830. The summed E-state index contributed by atoms with van der Waals surface area (Å²) in [6.07, 6.45) is 5.60. The van der Waals surface area contributed by atoms with Gasteiger partial charge in [0.05, 0.1) is 13.0 Å². The summed E-state index contributed by atoms with van der Waals surface area (Å²) in [6.45, 7) is 0.518. The van der Waals surface area contributed by atoms with Crippen molar-refractivity contribution in [2.24, 2.45) is 5.73 Å². The van der Waals surface area contributed by atoms with Crippen molar-refractivity contribution in [3.63, 3.8) is 0 Å². The van der Waals surface area contributed by atoms with Gasteiger partial charge in [0.15, 0.2) is 11.7 Å². The molecule has 2 atom stereocenters. The Morgan fingerprint density at radius 2 is 1.76 bits per heavy atom. The molecule has 1 saturated heterocycles. The Balaban J connectivity index is 1.47. The van der Waals surface area contributed by atoms with Crippen molar-refractivity contribution < 1.29 is 14.1 Å². The molecule has 2 amide bonds. The monoisotopic (exact) mass is 456 g/mol. The summed E-state index contributed by atoms with van der Waals surface area (Å²) >= 11 is 0. The third kappa shape index (κ3) is 3.82. The lowest BCUT2D eigenvalue weighted by Crippen LogP contribution is -2.62. The van der Waals surface area contributed by atoms with Crippen molar-refractivity contribution in [1.29, 1.82) is 0 Å². The number of carbonyl (C=O) groups is 2. The van der Waals surface area contributed by atoms with Crippen LogP contribution in [0.25, 0.3) is 17.1 Å². The van der Waals surface area contributed by atoms with E-state index in [-0.39, 0.29) is 23.2 Å². The predicted octanol–water partition coefficient (Wildman–Crippen LogP) is 3.64. The first-order chi connectivity index (χ1) is 16.6. The van der Waals surface area contributed by atoms with E-state index in [2.05, 4.69) is 10.1 Å². The Bertz CT molecular complexity index is 1300. The average molecular weight is 457 g/mol. The number of rotatable bonds is 7. The lowest BCUT2D eigenvalue weighted by Gasteiger charge is -2.36. The number of quaternary nitrogens is 1.